The monoisotopic (exact) mass is 327 g/mol. The van der Waals surface area contributed by atoms with E-state index in [2.05, 4.69) is 15.9 Å². The summed E-state index contributed by atoms with van der Waals surface area (Å²) in [5, 5.41) is 2.04. The molecule has 2 rings (SSSR count). The van der Waals surface area contributed by atoms with Crippen LogP contribution in [0, 0.1) is 5.82 Å². The largest absolute Gasteiger partial charge is 0.325 e. The van der Waals surface area contributed by atoms with Gasteiger partial charge in [0, 0.05) is 21.3 Å². The first-order chi connectivity index (χ1) is 8.46. The molecule has 0 saturated heterocycles. The van der Waals surface area contributed by atoms with Gasteiger partial charge >= 0.3 is 0 Å². The molecule has 2 aromatic rings. The molecule has 0 saturated carbocycles. The van der Waals surface area contributed by atoms with Gasteiger partial charge in [-0.1, -0.05) is 12.1 Å². The van der Waals surface area contributed by atoms with E-state index < -0.39 is 0 Å². The number of rotatable bonds is 4. The summed E-state index contributed by atoms with van der Waals surface area (Å²) in [5.41, 5.74) is 6.89. The van der Waals surface area contributed by atoms with E-state index in [1.807, 2.05) is 24.4 Å². The van der Waals surface area contributed by atoms with Gasteiger partial charge in [-0.3, -0.25) is 0 Å². The van der Waals surface area contributed by atoms with Gasteiger partial charge in [0.2, 0.25) is 0 Å². The van der Waals surface area contributed by atoms with E-state index in [-0.39, 0.29) is 11.4 Å². The average molecular weight is 328 g/mol. The summed E-state index contributed by atoms with van der Waals surface area (Å²) in [4.78, 5) is 1.23. The van der Waals surface area contributed by atoms with E-state index in [1.165, 1.54) is 10.9 Å². The van der Waals surface area contributed by atoms with Crippen LogP contribution in [0.25, 0.3) is 0 Å². The molecule has 1 nitrogen and oxygen atoms in total. The number of hydrogen-bond acceptors (Lipinski definition) is 2. The summed E-state index contributed by atoms with van der Waals surface area (Å²) in [5.74, 6) is -0.208. The molecule has 4 heteroatoms. The Morgan fingerprint density at radius 1 is 1.33 bits per heavy atom. The number of benzene rings is 1. The van der Waals surface area contributed by atoms with Crippen LogP contribution in [0.2, 0.25) is 0 Å². The van der Waals surface area contributed by atoms with Gasteiger partial charge in [0.1, 0.15) is 5.82 Å². The van der Waals surface area contributed by atoms with Crippen molar-refractivity contribution < 1.29 is 4.39 Å². The van der Waals surface area contributed by atoms with E-state index >= 15 is 0 Å². The van der Waals surface area contributed by atoms with Gasteiger partial charge in [-0.2, -0.15) is 0 Å². The fourth-order valence-corrected chi connectivity index (χ4v) is 3.68. The van der Waals surface area contributed by atoms with Crippen LogP contribution in [0.3, 0.4) is 0 Å². The summed E-state index contributed by atoms with van der Waals surface area (Å²) in [7, 11) is 0. The van der Waals surface area contributed by atoms with Gasteiger partial charge in [0.15, 0.2) is 0 Å². The van der Waals surface area contributed by atoms with Crippen molar-refractivity contribution in [1.82, 2.24) is 0 Å². The Kier molecular flexibility index (Phi) is 4.20. The number of nitrogens with two attached hydrogens (primary N) is 1. The molecule has 2 N–H and O–H groups in total. The number of thiophene rings is 1. The molecule has 0 radical (unpaired) electrons. The van der Waals surface area contributed by atoms with Crippen LogP contribution in [-0.2, 0) is 12.8 Å². The highest BCUT2D eigenvalue weighted by molar-refractivity contribution is 9.10. The molecule has 96 valence electrons. The Bertz CT molecular complexity index is 536. The normalized spacial score (nSPS) is 14.4. The SMILES string of the molecule is CC(N)(Cc1cccc(F)c1)Cc1sccc1Br. The number of halogens is 2. The molecule has 0 amide bonds. The molecule has 1 aromatic heterocycles. The van der Waals surface area contributed by atoms with E-state index in [0.717, 1.165) is 16.5 Å². The van der Waals surface area contributed by atoms with Gasteiger partial charge in [-0.25, -0.2) is 4.39 Å². The van der Waals surface area contributed by atoms with Crippen molar-refractivity contribution in [2.75, 3.05) is 0 Å². The second-order valence-corrected chi connectivity index (χ2v) is 6.68. The summed E-state index contributed by atoms with van der Waals surface area (Å²) in [6.45, 7) is 2.00. The Balaban J connectivity index is 2.10. The second kappa shape index (κ2) is 5.51. The maximum absolute atomic E-state index is 13.1. The van der Waals surface area contributed by atoms with Crippen molar-refractivity contribution in [3.05, 3.63) is 56.4 Å². The van der Waals surface area contributed by atoms with E-state index in [0.29, 0.717) is 6.42 Å². The molecule has 1 heterocycles. The Labute approximate surface area is 119 Å². The molecule has 0 bridgehead atoms. The minimum atomic E-state index is -0.374. The number of hydrogen-bond donors (Lipinski definition) is 1. The van der Waals surface area contributed by atoms with Crippen molar-refractivity contribution in [3.8, 4) is 0 Å². The van der Waals surface area contributed by atoms with Crippen molar-refractivity contribution in [2.45, 2.75) is 25.3 Å². The Morgan fingerprint density at radius 2 is 2.11 bits per heavy atom. The zero-order chi connectivity index (χ0) is 13.2. The average Bonchev–Trinajstić information content (AvgIpc) is 2.62. The predicted octanol–water partition coefficient (Wildman–Crippen LogP) is 4.15. The van der Waals surface area contributed by atoms with E-state index in [4.69, 9.17) is 5.73 Å². The van der Waals surface area contributed by atoms with Crippen LogP contribution < -0.4 is 5.73 Å². The lowest BCUT2D eigenvalue weighted by atomic mass is 9.90. The topological polar surface area (TPSA) is 26.0 Å². The quantitative estimate of drug-likeness (QED) is 0.896. The predicted molar refractivity (Wildman–Crippen MR) is 78.4 cm³/mol. The molecule has 1 atom stereocenters. The maximum Gasteiger partial charge on any atom is 0.123 e. The lowest BCUT2D eigenvalue weighted by molar-refractivity contribution is 0.464. The molecule has 0 aliphatic carbocycles. The molecule has 0 aliphatic heterocycles. The summed E-state index contributed by atoms with van der Waals surface area (Å²) >= 11 is 5.20. The van der Waals surface area contributed by atoms with Gasteiger partial charge in [0.05, 0.1) is 0 Å². The van der Waals surface area contributed by atoms with Crippen LogP contribution in [0.1, 0.15) is 17.4 Å². The highest BCUT2D eigenvalue weighted by Gasteiger charge is 2.21. The fraction of sp³-hybridized carbons (Fsp3) is 0.286. The van der Waals surface area contributed by atoms with Crippen molar-refractivity contribution in [2.24, 2.45) is 5.73 Å². The third-order valence-corrected chi connectivity index (χ3v) is 4.68. The minimum Gasteiger partial charge on any atom is -0.325 e. The highest BCUT2D eigenvalue weighted by atomic mass is 79.9. The zero-order valence-electron chi connectivity index (χ0n) is 10.1. The van der Waals surface area contributed by atoms with Gasteiger partial charge < -0.3 is 5.73 Å². The second-order valence-electron chi connectivity index (χ2n) is 4.83. The van der Waals surface area contributed by atoms with Crippen molar-refractivity contribution in [3.63, 3.8) is 0 Å². The highest BCUT2D eigenvalue weighted by Crippen LogP contribution is 2.27. The first-order valence-corrected chi connectivity index (χ1v) is 7.39. The maximum atomic E-state index is 13.1. The van der Waals surface area contributed by atoms with Crippen LogP contribution in [-0.4, -0.2) is 5.54 Å². The van der Waals surface area contributed by atoms with Crippen molar-refractivity contribution in [1.29, 1.82) is 0 Å². The fourth-order valence-electron chi connectivity index (χ4n) is 1.99. The van der Waals surface area contributed by atoms with Crippen molar-refractivity contribution >= 4 is 27.3 Å². The first-order valence-electron chi connectivity index (χ1n) is 5.71. The third-order valence-electron chi connectivity index (χ3n) is 2.75. The standard InChI is InChI=1S/C14H15BrFNS/c1-14(17,9-13-12(15)5-6-18-13)8-10-3-2-4-11(16)7-10/h2-7H,8-9,17H2,1H3. The first kappa shape index (κ1) is 13.7. The van der Waals surface area contributed by atoms with Crippen LogP contribution in [0.15, 0.2) is 40.2 Å². The summed E-state index contributed by atoms with van der Waals surface area (Å²) in [6, 6.07) is 8.67. The molecular weight excluding hydrogens is 313 g/mol. The Hall–Kier alpha value is -0.710. The molecule has 0 fully saturated rings. The molecule has 1 aromatic carbocycles. The lowest BCUT2D eigenvalue weighted by Gasteiger charge is -2.24. The smallest absolute Gasteiger partial charge is 0.123 e. The molecule has 1 unspecified atom stereocenters. The molecule has 0 spiro atoms. The van der Waals surface area contributed by atoms with E-state index in [9.17, 15) is 4.39 Å². The van der Waals surface area contributed by atoms with Gasteiger partial charge in [-0.15, -0.1) is 11.3 Å². The van der Waals surface area contributed by atoms with Gasteiger partial charge in [-0.05, 0) is 58.4 Å². The van der Waals surface area contributed by atoms with Crippen LogP contribution in [0.4, 0.5) is 4.39 Å². The van der Waals surface area contributed by atoms with Gasteiger partial charge in [0.25, 0.3) is 0 Å². The zero-order valence-corrected chi connectivity index (χ0v) is 12.5. The molecule has 18 heavy (non-hydrogen) atoms. The van der Waals surface area contributed by atoms with E-state index in [1.54, 1.807) is 23.5 Å². The minimum absolute atomic E-state index is 0.208. The summed E-state index contributed by atoms with van der Waals surface area (Å²) < 4.78 is 14.2. The molecule has 0 aliphatic rings. The van der Waals surface area contributed by atoms with Crippen LogP contribution in [0.5, 0.6) is 0 Å². The summed E-state index contributed by atoms with van der Waals surface area (Å²) in [6.07, 6.45) is 1.44. The van der Waals surface area contributed by atoms with Crippen LogP contribution >= 0.6 is 27.3 Å². The Morgan fingerprint density at radius 3 is 2.72 bits per heavy atom. The third kappa shape index (κ3) is 3.64. The lowest BCUT2D eigenvalue weighted by Crippen LogP contribution is -2.40. The molecular formula is C14H15BrFNS.